The maximum absolute atomic E-state index is 5.55. The van der Waals surface area contributed by atoms with Gasteiger partial charge in [-0.1, -0.05) is 0 Å². The zero-order chi connectivity index (χ0) is 13.4. The zero-order valence-electron chi connectivity index (χ0n) is 11.0. The van der Waals surface area contributed by atoms with Crippen molar-refractivity contribution >= 4 is 5.82 Å². The minimum Gasteiger partial charge on any atom is -0.376 e. The number of hydrazine groups is 1. The molecule has 1 aliphatic heterocycles. The number of anilines is 1. The molecule has 0 bridgehead atoms. The predicted octanol–water partition coefficient (Wildman–Crippen LogP) is 0.544. The van der Waals surface area contributed by atoms with Crippen molar-refractivity contribution < 1.29 is 4.74 Å². The molecule has 3 rings (SSSR count). The number of fused-ring (bicyclic) bond motifs is 1. The molecule has 0 amide bonds. The number of nitrogens with zero attached hydrogens (tertiary/aromatic N) is 4. The van der Waals surface area contributed by atoms with Gasteiger partial charge in [0, 0.05) is 25.2 Å². The third-order valence-electron chi connectivity index (χ3n) is 3.21. The van der Waals surface area contributed by atoms with Crippen LogP contribution in [0.15, 0.2) is 6.20 Å². The predicted molar refractivity (Wildman–Crippen MR) is 70.1 cm³/mol. The number of ether oxygens (including phenoxy) is 1. The lowest BCUT2D eigenvalue weighted by Crippen LogP contribution is -2.19. The molecule has 100 valence electrons. The Morgan fingerprint density at radius 1 is 1.42 bits per heavy atom. The lowest BCUT2D eigenvalue weighted by atomic mass is 10.1. The SMILES string of the molecule is Cc1nn(C)cc1-c1nc2c(c(NN)n1)COCC2. The van der Waals surface area contributed by atoms with Gasteiger partial charge in [0.1, 0.15) is 5.82 Å². The van der Waals surface area contributed by atoms with E-state index in [9.17, 15) is 0 Å². The highest BCUT2D eigenvalue weighted by Gasteiger charge is 2.19. The minimum absolute atomic E-state index is 0.501. The lowest BCUT2D eigenvalue weighted by Gasteiger charge is -2.18. The molecule has 7 nitrogen and oxygen atoms in total. The summed E-state index contributed by atoms with van der Waals surface area (Å²) in [6.45, 7) is 3.12. The van der Waals surface area contributed by atoms with Gasteiger partial charge in [0.05, 0.1) is 30.2 Å². The summed E-state index contributed by atoms with van der Waals surface area (Å²) >= 11 is 0. The second kappa shape index (κ2) is 4.60. The average Bonchev–Trinajstić information content (AvgIpc) is 2.76. The molecule has 7 heteroatoms. The molecule has 0 spiro atoms. The molecule has 0 aliphatic carbocycles. The van der Waals surface area contributed by atoms with Crippen LogP contribution >= 0.6 is 0 Å². The van der Waals surface area contributed by atoms with E-state index in [2.05, 4.69) is 20.5 Å². The maximum Gasteiger partial charge on any atom is 0.165 e. The summed E-state index contributed by atoms with van der Waals surface area (Å²) in [5.74, 6) is 6.83. The minimum atomic E-state index is 0.501. The molecule has 0 unspecified atom stereocenters. The standard InChI is InChI=1S/C12H16N6O/c1-7-8(5-18(2)17-7)11-14-10-3-4-19-6-9(10)12(15-11)16-13/h5H,3-4,6,13H2,1-2H3,(H,14,15,16). The average molecular weight is 260 g/mol. The van der Waals surface area contributed by atoms with Gasteiger partial charge in [-0.25, -0.2) is 15.8 Å². The molecule has 0 atom stereocenters. The van der Waals surface area contributed by atoms with Crippen molar-refractivity contribution in [2.75, 3.05) is 12.0 Å². The van der Waals surface area contributed by atoms with Crippen LogP contribution in [0.25, 0.3) is 11.4 Å². The van der Waals surface area contributed by atoms with Crippen LogP contribution in [0.5, 0.6) is 0 Å². The van der Waals surface area contributed by atoms with Crippen LogP contribution in [0.4, 0.5) is 5.82 Å². The van der Waals surface area contributed by atoms with Crippen molar-refractivity contribution in [3.63, 3.8) is 0 Å². The van der Waals surface area contributed by atoms with Crippen molar-refractivity contribution in [3.8, 4) is 11.4 Å². The molecule has 3 heterocycles. The Hall–Kier alpha value is -1.99. The number of hydrogen-bond acceptors (Lipinski definition) is 6. The fraction of sp³-hybridized carbons (Fsp3) is 0.417. The molecule has 2 aromatic rings. The number of rotatable bonds is 2. The van der Waals surface area contributed by atoms with Gasteiger partial charge < -0.3 is 10.2 Å². The monoisotopic (exact) mass is 260 g/mol. The van der Waals surface area contributed by atoms with Crippen molar-refractivity contribution in [2.45, 2.75) is 20.0 Å². The van der Waals surface area contributed by atoms with E-state index in [1.165, 1.54) is 0 Å². The molecule has 0 radical (unpaired) electrons. The third kappa shape index (κ3) is 2.06. The summed E-state index contributed by atoms with van der Waals surface area (Å²) in [5.41, 5.74) is 6.39. The van der Waals surface area contributed by atoms with Crippen LogP contribution < -0.4 is 11.3 Å². The van der Waals surface area contributed by atoms with Crippen LogP contribution in [0.2, 0.25) is 0 Å². The number of hydrogen-bond donors (Lipinski definition) is 2. The van der Waals surface area contributed by atoms with Crippen LogP contribution in [0.3, 0.4) is 0 Å². The van der Waals surface area contributed by atoms with Gasteiger partial charge in [-0.2, -0.15) is 5.10 Å². The van der Waals surface area contributed by atoms with Gasteiger partial charge >= 0.3 is 0 Å². The van der Waals surface area contributed by atoms with Crippen molar-refractivity contribution in [3.05, 3.63) is 23.1 Å². The summed E-state index contributed by atoms with van der Waals surface area (Å²) in [7, 11) is 1.88. The Labute approximate surface area is 110 Å². The van der Waals surface area contributed by atoms with Gasteiger partial charge in [0.25, 0.3) is 0 Å². The second-order valence-corrected chi connectivity index (χ2v) is 4.57. The van der Waals surface area contributed by atoms with E-state index < -0.39 is 0 Å². The van der Waals surface area contributed by atoms with Gasteiger partial charge in [0.2, 0.25) is 0 Å². The van der Waals surface area contributed by atoms with Gasteiger partial charge in [-0.05, 0) is 6.92 Å². The van der Waals surface area contributed by atoms with E-state index in [4.69, 9.17) is 10.6 Å². The van der Waals surface area contributed by atoms with Crippen LogP contribution in [0.1, 0.15) is 17.0 Å². The smallest absolute Gasteiger partial charge is 0.165 e. The first-order valence-corrected chi connectivity index (χ1v) is 6.14. The lowest BCUT2D eigenvalue weighted by molar-refractivity contribution is 0.109. The number of nitrogens with two attached hydrogens (primary N) is 1. The Bertz CT molecular complexity index is 604. The van der Waals surface area contributed by atoms with Gasteiger partial charge in [0.15, 0.2) is 5.82 Å². The highest BCUT2D eigenvalue weighted by atomic mass is 16.5. The van der Waals surface area contributed by atoms with Crippen molar-refractivity contribution in [1.29, 1.82) is 0 Å². The van der Waals surface area contributed by atoms with Gasteiger partial charge in [-0.15, -0.1) is 0 Å². The van der Waals surface area contributed by atoms with E-state index in [1.807, 2.05) is 20.2 Å². The number of nitrogens with one attached hydrogen (secondary N) is 1. The summed E-state index contributed by atoms with van der Waals surface area (Å²) in [4.78, 5) is 9.09. The summed E-state index contributed by atoms with van der Waals surface area (Å²) in [6.07, 6.45) is 2.69. The van der Waals surface area contributed by atoms with Crippen LogP contribution in [-0.2, 0) is 24.8 Å². The molecule has 0 saturated heterocycles. The van der Waals surface area contributed by atoms with E-state index in [0.717, 1.165) is 28.9 Å². The van der Waals surface area contributed by atoms with Crippen molar-refractivity contribution in [2.24, 2.45) is 12.9 Å². The molecule has 0 aromatic carbocycles. The first kappa shape index (κ1) is 12.1. The fourth-order valence-electron chi connectivity index (χ4n) is 2.29. The largest absolute Gasteiger partial charge is 0.376 e. The highest BCUT2D eigenvalue weighted by Crippen LogP contribution is 2.26. The maximum atomic E-state index is 5.55. The molecule has 2 aromatic heterocycles. The number of aryl methyl sites for hydroxylation is 2. The molecule has 1 aliphatic rings. The van der Waals surface area contributed by atoms with Crippen LogP contribution in [0, 0.1) is 6.92 Å². The van der Waals surface area contributed by atoms with Crippen LogP contribution in [-0.4, -0.2) is 26.4 Å². The molecular formula is C12H16N6O. The summed E-state index contributed by atoms with van der Waals surface area (Å²) < 4.78 is 7.18. The van der Waals surface area contributed by atoms with E-state index in [1.54, 1.807) is 4.68 Å². The Kier molecular flexibility index (Phi) is 2.92. The third-order valence-corrected chi connectivity index (χ3v) is 3.21. The molecule has 0 fully saturated rings. The Morgan fingerprint density at radius 3 is 2.95 bits per heavy atom. The molecular weight excluding hydrogens is 244 g/mol. The topological polar surface area (TPSA) is 90.9 Å². The zero-order valence-corrected chi connectivity index (χ0v) is 11.0. The quantitative estimate of drug-likeness (QED) is 0.605. The number of nitrogen functional groups attached to an aromatic ring is 1. The fourth-order valence-corrected chi connectivity index (χ4v) is 2.29. The molecule has 0 saturated carbocycles. The Morgan fingerprint density at radius 2 is 2.26 bits per heavy atom. The normalized spacial score (nSPS) is 14.3. The van der Waals surface area contributed by atoms with Crippen molar-refractivity contribution in [1.82, 2.24) is 19.7 Å². The first-order valence-electron chi connectivity index (χ1n) is 6.14. The van der Waals surface area contributed by atoms with E-state index >= 15 is 0 Å². The Balaban J connectivity index is 2.15. The molecule has 3 N–H and O–H groups in total. The highest BCUT2D eigenvalue weighted by molar-refractivity contribution is 5.61. The summed E-state index contributed by atoms with van der Waals surface area (Å²) in [6, 6.07) is 0. The second-order valence-electron chi connectivity index (χ2n) is 4.57. The summed E-state index contributed by atoms with van der Waals surface area (Å²) in [5, 5.41) is 4.32. The van der Waals surface area contributed by atoms with Gasteiger partial charge in [-0.3, -0.25) is 4.68 Å². The number of aromatic nitrogens is 4. The van der Waals surface area contributed by atoms with E-state index in [0.29, 0.717) is 24.9 Å². The first-order chi connectivity index (χ1) is 9.19. The van der Waals surface area contributed by atoms with E-state index in [-0.39, 0.29) is 0 Å². The molecule has 19 heavy (non-hydrogen) atoms.